The molecule has 0 spiro atoms. The smallest absolute Gasteiger partial charge is 0.261 e. The van der Waals surface area contributed by atoms with Crippen molar-refractivity contribution in [2.24, 2.45) is 0 Å². The van der Waals surface area contributed by atoms with Crippen molar-refractivity contribution in [1.82, 2.24) is 0 Å². The standard InChI is InChI=1S/C20H19ClN2O4S2/c1-14-3-10-18(11-4-14)28(24,25)23-20-13-19(12-5-15(20)2)29(26,27)22-17-8-6-16(21)7-9-17/h3-13,22-23H,1-2H3. The van der Waals surface area contributed by atoms with Crippen molar-refractivity contribution in [3.63, 3.8) is 0 Å². The van der Waals surface area contributed by atoms with Crippen molar-refractivity contribution in [1.29, 1.82) is 0 Å². The fraction of sp³-hybridized carbons (Fsp3) is 0.100. The Morgan fingerprint density at radius 2 is 1.24 bits per heavy atom. The van der Waals surface area contributed by atoms with Crippen molar-refractivity contribution in [3.05, 3.63) is 82.9 Å². The monoisotopic (exact) mass is 450 g/mol. The van der Waals surface area contributed by atoms with Crippen molar-refractivity contribution in [2.45, 2.75) is 23.6 Å². The number of rotatable bonds is 6. The number of hydrogen-bond acceptors (Lipinski definition) is 4. The SMILES string of the molecule is Cc1ccc(S(=O)(=O)Nc2cc(S(=O)(=O)Nc3ccc(Cl)cc3)ccc2C)cc1. The van der Waals surface area contributed by atoms with Crippen LogP contribution >= 0.6 is 11.6 Å². The molecule has 6 nitrogen and oxygen atoms in total. The highest BCUT2D eigenvalue weighted by molar-refractivity contribution is 7.93. The van der Waals surface area contributed by atoms with Gasteiger partial charge in [0.2, 0.25) is 0 Å². The lowest BCUT2D eigenvalue weighted by molar-refractivity contribution is 0.598. The predicted octanol–water partition coefficient (Wildman–Crippen LogP) is 4.56. The lowest BCUT2D eigenvalue weighted by Crippen LogP contribution is -2.16. The van der Waals surface area contributed by atoms with Gasteiger partial charge in [0.05, 0.1) is 15.5 Å². The first-order chi connectivity index (χ1) is 13.6. The molecular formula is C20H19ClN2O4S2. The van der Waals surface area contributed by atoms with Crippen LogP contribution in [0.5, 0.6) is 0 Å². The molecule has 0 aliphatic carbocycles. The van der Waals surface area contributed by atoms with E-state index < -0.39 is 20.0 Å². The second-order valence-electron chi connectivity index (χ2n) is 6.51. The van der Waals surface area contributed by atoms with Crippen LogP contribution < -0.4 is 9.44 Å². The quantitative estimate of drug-likeness (QED) is 0.575. The molecule has 0 fully saturated rings. The van der Waals surface area contributed by atoms with E-state index in [1.54, 1.807) is 37.3 Å². The van der Waals surface area contributed by atoms with Gasteiger partial charge in [-0.15, -0.1) is 0 Å². The summed E-state index contributed by atoms with van der Waals surface area (Å²) in [7, 11) is -7.78. The Morgan fingerprint density at radius 3 is 1.86 bits per heavy atom. The summed E-state index contributed by atoms with van der Waals surface area (Å²) in [5.41, 5.74) is 2.05. The second-order valence-corrected chi connectivity index (χ2v) is 10.3. The van der Waals surface area contributed by atoms with Crippen LogP contribution in [0.3, 0.4) is 0 Å². The molecule has 29 heavy (non-hydrogen) atoms. The van der Waals surface area contributed by atoms with Gasteiger partial charge in [0.15, 0.2) is 0 Å². The van der Waals surface area contributed by atoms with E-state index in [0.717, 1.165) is 5.56 Å². The third-order valence-corrected chi connectivity index (χ3v) is 7.20. The van der Waals surface area contributed by atoms with Crippen LogP contribution in [0.1, 0.15) is 11.1 Å². The summed E-state index contributed by atoms with van der Waals surface area (Å²) >= 11 is 5.82. The fourth-order valence-electron chi connectivity index (χ4n) is 2.53. The zero-order chi connectivity index (χ0) is 21.2. The van der Waals surface area contributed by atoms with Gasteiger partial charge in [0, 0.05) is 10.7 Å². The molecule has 2 N–H and O–H groups in total. The first-order valence-corrected chi connectivity index (χ1v) is 11.9. The maximum Gasteiger partial charge on any atom is 0.261 e. The van der Waals surface area contributed by atoms with Crippen LogP contribution in [0.25, 0.3) is 0 Å². The van der Waals surface area contributed by atoms with Gasteiger partial charge >= 0.3 is 0 Å². The maximum absolute atomic E-state index is 12.7. The van der Waals surface area contributed by atoms with E-state index in [2.05, 4.69) is 9.44 Å². The summed E-state index contributed by atoms with van der Waals surface area (Å²) in [6.45, 7) is 3.55. The number of sulfonamides is 2. The Balaban J connectivity index is 1.91. The summed E-state index contributed by atoms with van der Waals surface area (Å²) in [5.74, 6) is 0. The molecule has 0 atom stereocenters. The summed E-state index contributed by atoms with van der Waals surface area (Å²) in [5, 5.41) is 0.482. The largest absolute Gasteiger partial charge is 0.280 e. The Kier molecular flexibility index (Phi) is 5.88. The van der Waals surface area contributed by atoms with Gasteiger partial charge in [-0.25, -0.2) is 16.8 Å². The second kappa shape index (κ2) is 8.06. The molecule has 9 heteroatoms. The highest BCUT2D eigenvalue weighted by atomic mass is 35.5. The number of anilines is 2. The van der Waals surface area contributed by atoms with E-state index in [0.29, 0.717) is 16.3 Å². The zero-order valence-electron chi connectivity index (χ0n) is 15.7. The number of nitrogens with one attached hydrogen (secondary N) is 2. The minimum Gasteiger partial charge on any atom is -0.280 e. The van der Waals surface area contributed by atoms with Crippen LogP contribution in [0, 0.1) is 13.8 Å². The minimum atomic E-state index is -3.92. The van der Waals surface area contributed by atoms with E-state index in [-0.39, 0.29) is 15.5 Å². The molecule has 3 aromatic rings. The Labute approximate surface area is 175 Å². The number of hydrogen-bond donors (Lipinski definition) is 2. The average Bonchev–Trinajstić information content (AvgIpc) is 2.65. The van der Waals surface area contributed by atoms with E-state index >= 15 is 0 Å². The van der Waals surface area contributed by atoms with Gasteiger partial charge in [-0.2, -0.15) is 0 Å². The maximum atomic E-state index is 12.7. The van der Waals surface area contributed by atoms with Gasteiger partial charge in [0.25, 0.3) is 20.0 Å². The molecule has 0 bridgehead atoms. The highest BCUT2D eigenvalue weighted by Gasteiger charge is 2.19. The van der Waals surface area contributed by atoms with Crippen LogP contribution in [0.2, 0.25) is 5.02 Å². The van der Waals surface area contributed by atoms with Crippen LogP contribution in [-0.4, -0.2) is 16.8 Å². The van der Waals surface area contributed by atoms with Crippen molar-refractivity contribution < 1.29 is 16.8 Å². The van der Waals surface area contributed by atoms with Crippen molar-refractivity contribution in [2.75, 3.05) is 9.44 Å². The molecule has 152 valence electrons. The average molecular weight is 451 g/mol. The van der Waals surface area contributed by atoms with Gasteiger partial charge in [0.1, 0.15) is 0 Å². The minimum absolute atomic E-state index is 0.0698. The van der Waals surface area contributed by atoms with Crippen LogP contribution in [0.15, 0.2) is 76.5 Å². The fourth-order valence-corrected chi connectivity index (χ4v) is 4.86. The third-order valence-electron chi connectivity index (χ3n) is 4.19. The molecule has 0 radical (unpaired) electrons. The summed E-state index contributed by atoms with van der Waals surface area (Å²) in [6, 6.07) is 16.8. The zero-order valence-corrected chi connectivity index (χ0v) is 18.1. The number of halogens is 1. The Hall–Kier alpha value is -2.55. The first-order valence-electron chi connectivity index (χ1n) is 8.55. The molecule has 3 rings (SSSR count). The molecule has 0 heterocycles. The highest BCUT2D eigenvalue weighted by Crippen LogP contribution is 2.25. The number of aryl methyl sites for hydroxylation is 2. The lowest BCUT2D eigenvalue weighted by atomic mass is 10.2. The molecule has 3 aromatic carbocycles. The third kappa shape index (κ3) is 5.09. The molecular weight excluding hydrogens is 432 g/mol. The Morgan fingerprint density at radius 1 is 0.690 bits per heavy atom. The molecule has 0 aromatic heterocycles. The van der Waals surface area contributed by atoms with Gasteiger partial charge < -0.3 is 0 Å². The summed E-state index contributed by atoms with van der Waals surface area (Å²) in [6.07, 6.45) is 0. The van der Waals surface area contributed by atoms with E-state index in [9.17, 15) is 16.8 Å². The van der Waals surface area contributed by atoms with E-state index in [1.165, 1.54) is 36.4 Å². The van der Waals surface area contributed by atoms with Crippen molar-refractivity contribution in [3.8, 4) is 0 Å². The summed E-state index contributed by atoms with van der Waals surface area (Å²) in [4.78, 5) is 0.0229. The normalized spacial score (nSPS) is 11.8. The number of benzene rings is 3. The van der Waals surface area contributed by atoms with Gasteiger partial charge in [-0.1, -0.05) is 35.4 Å². The topological polar surface area (TPSA) is 92.3 Å². The van der Waals surface area contributed by atoms with Gasteiger partial charge in [-0.3, -0.25) is 9.44 Å². The molecule has 0 aliphatic rings. The Bertz CT molecular complexity index is 1240. The van der Waals surface area contributed by atoms with Gasteiger partial charge in [-0.05, 0) is 67.9 Å². The predicted molar refractivity (Wildman–Crippen MR) is 115 cm³/mol. The molecule has 0 unspecified atom stereocenters. The molecule has 0 aliphatic heterocycles. The van der Waals surface area contributed by atoms with Crippen LogP contribution in [0.4, 0.5) is 11.4 Å². The first kappa shape index (κ1) is 21.2. The summed E-state index contributed by atoms with van der Waals surface area (Å²) < 4.78 is 55.6. The van der Waals surface area contributed by atoms with Crippen molar-refractivity contribution >= 4 is 43.0 Å². The molecule has 0 saturated carbocycles. The molecule has 0 saturated heterocycles. The van der Waals surface area contributed by atoms with E-state index in [4.69, 9.17) is 11.6 Å². The van der Waals surface area contributed by atoms with Crippen LogP contribution in [-0.2, 0) is 20.0 Å². The lowest BCUT2D eigenvalue weighted by Gasteiger charge is -2.14. The molecule has 0 amide bonds. The van der Waals surface area contributed by atoms with E-state index in [1.807, 2.05) is 6.92 Å².